The number of rotatable bonds is 9. The van der Waals surface area contributed by atoms with Crippen molar-refractivity contribution in [1.82, 2.24) is 20.2 Å². The number of para-hydroxylation sites is 2. The summed E-state index contributed by atoms with van der Waals surface area (Å²) in [4.78, 5) is 12.2. The molecule has 146 valence electrons. The molecule has 3 aromatic rings. The number of carbonyl (C=O) groups is 1. The third-order valence-electron chi connectivity index (χ3n) is 3.76. The van der Waals surface area contributed by atoms with Crippen LogP contribution in [0.15, 0.2) is 53.7 Å². The molecule has 2 aromatic carbocycles. The molecule has 1 heterocycles. The monoisotopic (exact) mass is 399 g/mol. The van der Waals surface area contributed by atoms with Gasteiger partial charge in [0.2, 0.25) is 11.1 Å². The van der Waals surface area contributed by atoms with Gasteiger partial charge in [0, 0.05) is 17.9 Å². The minimum absolute atomic E-state index is 0.0759. The Kier molecular flexibility index (Phi) is 6.85. The van der Waals surface area contributed by atoms with Gasteiger partial charge in [-0.05, 0) is 53.7 Å². The molecule has 1 aromatic heterocycles. The molecular weight excluding hydrogens is 378 g/mol. The van der Waals surface area contributed by atoms with Crippen LogP contribution in [-0.2, 0) is 4.79 Å². The highest BCUT2D eigenvalue weighted by atomic mass is 32.2. The number of tetrazole rings is 1. The average Bonchev–Trinajstić information content (AvgIpc) is 3.18. The van der Waals surface area contributed by atoms with Crippen molar-refractivity contribution < 1.29 is 14.3 Å². The molecule has 0 fully saturated rings. The highest BCUT2D eigenvalue weighted by Crippen LogP contribution is 2.25. The number of anilines is 1. The first-order valence-corrected chi connectivity index (χ1v) is 9.77. The zero-order chi connectivity index (χ0) is 19.8. The van der Waals surface area contributed by atoms with E-state index in [1.807, 2.05) is 55.5 Å². The van der Waals surface area contributed by atoms with Crippen LogP contribution in [0.2, 0.25) is 0 Å². The zero-order valence-electron chi connectivity index (χ0n) is 15.7. The largest absolute Gasteiger partial charge is 0.494 e. The molecule has 0 aliphatic carbocycles. The number of amides is 1. The SMILES string of the molecule is CCOc1ccc(NC(=O)CCSc2nnnn2-c2ccccc2OC)cc1. The Morgan fingerprint density at radius 1 is 1.18 bits per heavy atom. The van der Waals surface area contributed by atoms with Crippen molar-refractivity contribution in [3.05, 3.63) is 48.5 Å². The number of methoxy groups -OCH3 is 1. The van der Waals surface area contributed by atoms with Crippen molar-refractivity contribution in [3.8, 4) is 17.2 Å². The van der Waals surface area contributed by atoms with E-state index in [1.165, 1.54) is 11.8 Å². The van der Waals surface area contributed by atoms with E-state index in [2.05, 4.69) is 20.8 Å². The summed E-state index contributed by atoms with van der Waals surface area (Å²) in [6, 6.07) is 14.8. The van der Waals surface area contributed by atoms with Crippen LogP contribution in [0.3, 0.4) is 0 Å². The Morgan fingerprint density at radius 3 is 2.71 bits per heavy atom. The van der Waals surface area contributed by atoms with Crippen molar-refractivity contribution in [3.63, 3.8) is 0 Å². The van der Waals surface area contributed by atoms with E-state index in [1.54, 1.807) is 11.8 Å². The molecule has 0 unspecified atom stereocenters. The molecular formula is C19H21N5O3S. The van der Waals surface area contributed by atoms with Crippen molar-refractivity contribution in [1.29, 1.82) is 0 Å². The van der Waals surface area contributed by atoms with E-state index in [-0.39, 0.29) is 5.91 Å². The number of benzene rings is 2. The van der Waals surface area contributed by atoms with Crippen LogP contribution in [0.25, 0.3) is 5.69 Å². The summed E-state index contributed by atoms with van der Waals surface area (Å²) in [5, 5.41) is 15.3. The molecule has 0 saturated heterocycles. The summed E-state index contributed by atoms with van der Waals surface area (Å²) < 4.78 is 12.4. The summed E-state index contributed by atoms with van der Waals surface area (Å²) in [5.41, 5.74) is 1.48. The van der Waals surface area contributed by atoms with Gasteiger partial charge >= 0.3 is 0 Å². The lowest BCUT2D eigenvalue weighted by Crippen LogP contribution is -2.12. The maximum Gasteiger partial charge on any atom is 0.225 e. The lowest BCUT2D eigenvalue weighted by Gasteiger charge is -2.09. The van der Waals surface area contributed by atoms with Gasteiger partial charge in [0.05, 0.1) is 13.7 Å². The summed E-state index contributed by atoms with van der Waals surface area (Å²) >= 11 is 1.41. The Morgan fingerprint density at radius 2 is 1.96 bits per heavy atom. The van der Waals surface area contributed by atoms with E-state index in [0.717, 1.165) is 17.1 Å². The number of nitrogens with one attached hydrogen (secondary N) is 1. The first-order valence-electron chi connectivity index (χ1n) is 8.78. The Labute approximate surface area is 167 Å². The number of hydrogen-bond donors (Lipinski definition) is 1. The topological polar surface area (TPSA) is 91.2 Å². The van der Waals surface area contributed by atoms with Gasteiger partial charge in [-0.1, -0.05) is 23.9 Å². The Hall–Kier alpha value is -3.07. The van der Waals surface area contributed by atoms with Crippen molar-refractivity contribution >= 4 is 23.4 Å². The maximum absolute atomic E-state index is 12.2. The number of thioether (sulfide) groups is 1. The van der Waals surface area contributed by atoms with Crippen LogP contribution < -0.4 is 14.8 Å². The smallest absolute Gasteiger partial charge is 0.225 e. The number of nitrogens with zero attached hydrogens (tertiary/aromatic N) is 4. The Balaban J connectivity index is 1.54. The number of carbonyl (C=O) groups excluding carboxylic acids is 1. The van der Waals surface area contributed by atoms with Crippen LogP contribution in [0.1, 0.15) is 13.3 Å². The number of aromatic nitrogens is 4. The molecule has 28 heavy (non-hydrogen) atoms. The minimum atomic E-state index is -0.0759. The third kappa shape index (κ3) is 5.01. The zero-order valence-corrected chi connectivity index (χ0v) is 16.5. The molecule has 0 aliphatic rings. The minimum Gasteiger partial charge on any atom is -0.494 e. The van der Waals surface area contributed by atoms with Crippen LogP contribution in [0, 0.1) is 0 Å². The predicted molar refractivity (Wildman–Crippen MR) is 107 cm³/mol. The quantitative estimate of drug-likeness (QED) is 0.553. The normalized spacial score (nSPS) is 10.5. The summed E-state index contributed by atoms with van der Waals surface area (Å²) in [6.07, 6.45) is 0.330. The molecule has 0 spiro atoms. The van der Waals surface area contributed by atoms with Crippen LogP contribution >= 0.6 is 11.8 Å². The van der Waals surface area contributed by atoms with E-state index in [4.69, 9.17) is 9.47 Å². The highest BCUT2D eigenvalue weighted by Gasteiger charge is 2.13. The average molecular weight is 399 g/mol. The molecule has 0 bridgehead atoms. The summed E-state index contributed by atoms with van der Waals surface area (Å²) in [5.74, 6) is 1.91. The van der Waals surface area contributed by atoms with Gasteiger partial charge in [0.25, 0.3) is 0 Å². The van der Waals surface area contributed by atoms with Crippen LogP contribution in [0.4, 0.5) is 5.69 Å². The fraction of sp³-hybridized carbons (Fsp3) is 0.263. The molecule has 1 amide bonds. The van der Waals surface area contributed by atoms with E-state index in [9.17, 15) is 4.79 Å². The molecule has 9 heteroatoms. The van der Waals surface area contributed by atoms with E-state index < -0.39 is 0 Å². The second kappa shape index (κ2) is 9.75. The third-order valence-corrected chi connectivity index (χ3v) is 4.68. The van der Waals surface area contributed by atoms with Gasteiger partial charge in [-0.3, -0.25) is 4.79 Å². The number of hydrogen-bond acceptors (Lipinski definition) is 7. The molecule has 0 atom stereocenters. The molecule has 8 nitrogen and oxygen atoms in total. The second-order valence-electron chi connectivity index (χ2n) is 5.65. The van der Waals surface area contributed by atoms with Gasteiger partial charge in [-0.25, -0.2) is 0 Å². The van der Waals surface area contributed by atoms with Gasteiger partial charge in [-0.2, -0.15) is 4.68 Å². The van der Waals surface area contributed by atoms with Gasteiger partial charge < -0.3 is 14.8 Å². The first-order chi connectivity index (χ1) is 13.7. The van der Waals surface area contributed by atoms with Crippen LogP contribution in [-0.4, -0.2) is 45.6 Å². The number of ether oxygens (including phenoxy) is 2. The van der Waals surface area contributed by atoms with E-state index >= 15 is 0 Å². The highest BCUT2D eigenvalue weighted by molar-refractivity contribution is 7.99. The predicted octanol–water partition coefficient (Wildman–Crippen LogP) is 3.19. The fourth-order valence-corrected chi connectivity index (χ4v) is 3.31. The lowest BCUT2D eigenvalue weighted by molar-refractivity contribution is -0.115. The molecule has 0 radical (unpaired) electrons. The molecule has 1 N–H and O–H groups in total. The fourth-order valence-electron chi connectivity index (χ4n) is 2.48. The second-order valence-corrected chi connectivity index (χ2v) is 6.71. The van der Waals surface area contributed by atoms with Gasteiger partial charge in [-0.15, -0.1) is 5.10 Å². The molecule has 3 rings (SSSR count). The van der Waals surface area contributed by atoms with Crippen molar-refractivity contribution in [2.24, 2.45) is 0 Å². The lowest BCUT2D eigenvalue weighted by atomic mass is 10.3. The van der Waals surface area contributed by atoms with E-state index in [0.29, 0.717) is 29.7 Å². The maximum atomic E-state index is 12.2. The van der Waals surface area contributed by atoms with Gasteiger partial charge in [0.1, 0.15) is 17.2 Å². The molecule has 0 aliphatic heterocycles. The van der Waals surface area contributed by atoms with Crippen molar-refractivity contribution in [2.45, 2.75) is 18.5 Å². The first kappa shape index (κ1) is 19.7. The molecule has 0 saturated carbocycles. The van der Waals surface area contributed by atoms with Gasteiger partial charge in [0.15, 0.2) is 0 Å². The van der Waals surface area contributed by atoms with Crippen LogP contribution in [0.5, 0.6) is 11.5 Å². The van der Waals surface area contributed by atoms with Crippen molar-refractivity contribution in [2.75, 3.05) is 24.8 Å². The summed E-state index contributed by atoms with van der Waals surface area (Å²) in [7, 11) is 1.60. The Bertz CT molecular complexity index is 914. The standard InChI is InChI=1S/C19H21N5O3S/c1-3-27-15-10-8-14(9-11-15)20-18(25)12-13-28-19-21-22-23-24(19)16-6-4-5-7-17(16)26-2/h4-11H,3,12-13H2,1-2H3,(H,20,25). The summed E-state index contributed by atoms with van der Waals surface area (Å²) in [6.45, 7) is 2.54.